The number of rotatable bonds is 4. The van der Waals surface area contributed by atoms with Crippen molar-refractivity contribution in [2.45, 2.75) is 40.2 Å². The van der Waals surface area contributed by atoms with Gasteiger partial charge in [-0.1, -0.05) is 12.1 Å². The summed E-state index contributed by atoms with van der Waals surface area (Å²) in [6.45, 7) is 6.73. The van der Waals surface area contributed by atoms with Crippen LogP contribution >= 0.6 is 0 Å². The highest BCUT2D eigenvalue weighted by atomic mass is 16.1. The molecule has 0 aromatic heterocycles. The van der Waals surface area contributed by atoms with Crippen LogP contribution in [0, 0.1) is 32.1 Å². The Kier molecular flexibility index (Phi) is 4.71. The molecular formula is C14H18N2O. The molecule has 0 spiro atoms. The molecule has 0 saturated carbocycles. The van der Waals surface area contributed by atoms with Crippen LogP contribution in [0.2, 0.25) is 0 Å². The number of nitrogens with zero attached hydrogens (tertiary/aromatic N) is 1. The molecule has 0 aliphatic rings. The normalized spacial score (nSPS) is 9.76. The first kappa shape index (κ1) is 13.2. The molecule has 0 heterocycles. The van der Waals surface area contributed by atoms with Crippen LogP contribution in [0.25, 0.3) is 0 Å². The molecule has 0 atom stereocenters. The van der Waals surface area contributed by atoms with E-state index >= 15 is 0 Å². The van der Waals surface area contributed by atoms with Crippen LogP contribution in [0.4, 0.5) is 0 Å². The van der Waals surface area contributed by atoms with Crippen molar-refractivity contribution in [3.05, 3.63) is 34.4 Å². The third-order valence-corrected chi connectivity index (χ3v) is 2.89. The van der Waals surface area contributed by atoms with E-state index in [4.69, 9.17) is 5.26 Å². The third-order valence-electron chi connectivity index (χ3n) is 2.89. The lowest BCUT2D eigenvalue weighted by molar-refractivity contribution is -0.121. The second-order valence-electron chi connectivity index (χ2n) is 4.30. The Balaban J connectivity index is 2.61. The maximum Gasteiger partial charge on any atom is 0.221 e. The molecule has 3 nitrogen and oxygen atoms in total. The molecule has 0 fully saturated rings. The second kappa shape index (κ2) is 6.05. The van der Waals surface area contributed by atoms with Gasteiger partial charge in [0.2, 0.25) is 5.91 Å². The highest BCUT2D eigenvalue weighted by Gasteiger charge is 2.04. The van der Waals surface area contributed by atoms with E-state index < -0.39 is 0 Å². The molecule has 1 amide bonds. The van der Waals surface area contributed by atoms with Gasteiger partial charge in [-0.15, -0.1) is 0 Å². The Labute approximate surface area is 102 Å². The van der Waals surface area contributed by atoms with Gasteiger partial charge in [0.1, 0.15) is 0 Å². The van der Waals surface area contributed by atoms with Gasteiger partial charge in [0.25, 0.3) is 0 Å². The van der Waals surface area contributed by atoms with Crippen LogP contribution in [-0.2, 0) is 11.3 Å². The molecule has 0 radical (unpaired) electrons. The molecule has 0 aliphatic heterocycles. The first-order chi connectivity index (χ1) is 8.04. The number of amides is 1. The minimum Gasteiger partial charge on any atom is -0.352 e. The molecule has 0 unspecified atom stereocenters. The average molecular weight is 230 g/mol. The summed E-state index contributed by atoms with van der Waals surface area (Å²) in [5.74, 6) is -0.0656. The van der Waals surface area contributed by atoms with Gasteiger partial charge in [-0.25, -0.2) is 0 Å². The third kappa shape index (κ3) is 3.92. The molecule has 90 valence electrons. The second-order valence-corrected chi connectivity index (χ2v) is 4.30. The van der Waals surface area contributed by atoms with Crippen molar-refractivity contribution in [2.24, 2.45) is 0 Å². The van der Waals surface area contributed by atoms with Crippen LogP contribution in [-0.4, -0.2) is 5.91 Å². The molecule has 1 rings (SSSR count). The summed E-state index contributed by atoms with van der Waals surface area (Å²) in [6.07, 6.45) is 0.554. The van der Waals surface area contributed by atoms with Crippen molar-refractivity contribution in [3.8, 4) is 6.07 Å². The van der Waals surface area contributed by atoms with Crippen molar-refractivity contribution in [2.75, 3.05) is 0 Å². The fourth-order valence-electron chi connectivity index (χ4n) is 1.66. The summed E-state index contributed by atoms with van der Waals surface area (Å²) >= 11 is 0. The fourth-order valence-corrected chi connectivity index (χ4v) is 1.66. The van der Waals surface area contributed by atoms with Crippen molar-refractivity contribution < 1.29 is 4.79 Å². The van der Waals surface area contributed by atoms with E-state index in [1.807, 2.05) is 13.0 Å². The molecule has 1 aromatic carbocycles. The summed E-state index contributed by atoms with van der Waals surface area (Å²) < 4.78 is 0. The highest BCUT2D eigenvalue weighted by molar-refractivity contribution is 5.76. The zero-order chi connectivity index (χ0) is 12.8. The lowest BCUT2D eigenvalue weighted by Crippen LogP contribution is -2.22. The molecular weight excluding hydrogens is 212 g/mol. The van der Waals surface area contributed by atoms with Gasteiger partial charge in [-0.05, 0) is 43.0 Å². The van der Waals surface area contributed by atoms with Crippen molar-refractivity contribution >= 4 is 5.91 Å². The minimum absolute atomic E-state index is 0.0656. The summed E-state index contributed by atoms with van der Waals surface area (Å²) in [6, 6.07) is 6.20. The van der Waals surface area contributed by atoms with Crippen molar-refractivity contribution in [3.63, 3.8) is 0 Å². The van der Waals surface area contributed by atoms with E-state index in [0.717, 1.165) is 5.56 Å². The Bertz CT molecular complexity index is 458. The standard InChI is InChI=1S/C14H18N2O/c1-10-7-12(3)13(8-11(10)2)9-16-14(17)5-4-6-15/h7-8H,4-5,9H2,1-3H3,(H,16,17). The SMILES string of the molecule is Cc1cc(C)c(CNC(=O)CCC#N)cc1C. The molecule has 1 aromatic rings. The molecule has 0 bridgehead atoms. The van der Waals surface area contributed by atoms with E-state index in [1.165, 1.54) is 16.7 Å². The van der Waals surface area contributed by atoms with Crippen LogP contribution in [0.15, 0.2) is 12.1 Å². The molecule has 17 heavy (non-hydrogen) atoms. The smallest absolute Gasteiger partial charge is 0.221 e. The van der Waals surface area contributed by atoms with Gasteiger partial charge in [-0.3, -0.25) is 4.79 Å². The van der Waals surface area contributed by atoms with Crippen LogP contribution in [0.1, 0.15) is 35.1 Å². The van der Waals surface area contributed by atoms with Gasteiger partial charge >= 0.3 is 0 Å². The van der Waals surface area contributed by atoms with Gasteiger partial charge in [-0.2, -0.15) is 5.26 Å². The summed E-state index contributed by atoms with van der Waals surface area (Å²) in [5, 5.41) is 11.2. The maximum atomic E-state index is 11.4. The molecule has 0 aliphatic carbocycles. The largest absolute Gasteiger partial charge is 0.352 e. The first-order valence-electron chi connectivity index (χ1n) is 5.75. The predicted molar refractivity (Wildman–Crippen MR) is 67.3 cm³/mol. The van der Waals surface area contributed by atoms with Gasteiger partial charge in [0.05, 0.1) is 6.07 Å². The zero-order valence-electron chi connectivity index (χ0n) is 10.6. The predicted octanol–water partition coefficient (Wildman–Crippen LogP) is 2.53. The summed E-state index contributed by atoms with van der Waals surface area (Å²) in [5.41, 5.74) is 4.83. The quantitative estimate of drug-likeness (QED) is 0.864. The number of benzene rings is 1. The van der Waals surface area contributed by atoms with Gasteiger partial charge in [0.15, 0.2) is 0 Å². The van der Waals surface area contributed by atoms with Gasteiger partial charge < -0.3 is 5.32 Å². The van der Waals surface area contributed by atoms with E-state index in [2.05, 4.69) is 31.3 Å². The van der Waals surface area contributed by atoms with Gasteiger partial charge in [0, 0.05) is 19.4 Å². The Morgan fingerprint density at radius 1 is 1.24 bits per heavy atom. The number of aryl methyl sites for hydroxylation is 3. The van der Waals surface area contributed by atoms with E-state index in [0.29, 0.717) is 6.54 Å². The number of carbonyl (C=O) groups is 1. The van der Waals surface area contributed by atoms with Crippen molar-refractivity contribution in [1.29, 1.82) is 5.26 Å². The van der Waals surface area contributed by atoms with E-state index in [-0.39, 0.29) is 18.7 Å². The number of hydrogen-bond acceptors (Lipinski definition) is 2. The first-order valence-corrected chi connectivity index (χ1v) is 5.75. The van der Waals surface area contributed by atoms with E-state index in [9.17, 15) is 4.79 Å². The Morgan fingerprint density at radius 2 is 1.88 bits per heavy atom. The van der Waals surface area contributed by atoms with Crippen molar-refractivity contribution in [1.82, 2.24) is 5.32 Å². The molecule has 1 N–H and O–H groups in total. The zero-order valence-corrected chi connectivity index (χ0v) is 10.6. The number of hydrogen-bond donors (Lipinski definition) is 1. The summed E-state index contributed by atoms with van der Waals surface area (Å²) in [4.78, 5) is 11.4. The number of nitriles is 1. The fraction of sp³-hybridized carbons (Fsp3) is 0.429. The van der Waals surface area contributed by atoms with Crippen LogP contribution in [0.3, 0.4) is 0 Å². The Morgan fingerprint density at radius 3 is 2.53 bits per heavy atom. The highest BCUT2D eigenvalue weighted by Crippen LogP contribution is 2.15. The topological polar surface area (TPSA) is 52.9 Å². The lowest BCUT2D eigenvalue weighted by atomic mass is 10.0. The molecule has 3 heteroatoms. The average Bonchev–Trinajstić information content (AvgIpc) is 2.29. The lowest BCUT2D eigenvalue weighted by Gasteiger charge is -2.10. The summed E-state index contributed by atoms with van der Waals surface area (Å²) in [7, 11) is 0. The minimum atomic E-state index is -0.0656. The number of nitrogens with one attached hydrogen (secondary N) is 1. The molecule has 0 saturated heterocycles. The maximum absolute atomic E-state index is 11.4. The number of carbonyl (C=O) groups excluding carboxylic acids is 1. The van der Waals surface area contributed by atoms with Crippen LogP contribution < -0.4 is 5.32 Å². The Hall–Kier alpha value is -1.82. The van der Waals surface area contributed by atoms with E-state index in [1.54, 1.807) is 0 Å². The van der Waals surface area contributed by atoms with Crippen LogP contribution in [0.5, 0.6) is 0 Å². The monoisotopic (exact) mass is 230 g/mol.